The average Bonchev–Trinajstić information content (AvgIpc) is 2.50. The highest BCUT2D eigenvalue weighted by Crippen LogP contribution is 2.42. The first-order chi connectivity index (χ1) is 8.70. The lowest BCUT2D eigenvalue weighted by Gasteiger charge is -2.33. The van der Waals surface area contributed by atoms with Gasteiger partial charge >= 0.3 is 0 Å². The number of fused-ring (bicyclic) bond motifs is 1. The van der Waals surface area contributed by atoms with Crippen LogP contribution in [-0.4, -0.2) is 12.5 Å². The first-order valence-corrected chi connectivity index (χ1v) is 6.81. The average molecular weight is 266 g/mol. The van der Waals surface area contributed by atoms with E-state index in [4.69, 9.17) is 16.3 Å². The number of rotatable bonds is 0. The summed E-state index contributed by atoms with van der Waals surface area (Å²) in [6.07, 6.45) is 5.26. The molecule has 3 nitrogen and oxygen atoms in total. The Morgan fingerprint density at radius 2 is 2.00 bits per heavy atom. The largest absolute Gasteiger partial charge is 0.490 e. The Hall–Kier alpha value is -1.22. The summed E-state index contributed by atoms with van der Waals surface area (Å²) < 4.78 is 5.83. The van der Waals surface area contributed by atoms with Crippen LogP contribution in [0.2, 0.25) is 5.02 Å². The molecule has 18 heavy (non-hydrogen) atoms. The molecule has 1 aliphatic carbocycles. The van der Waals surface area contributed by atoms with Crippen LogP contribution in [0, 0.1) is 5.41 Å². The van der Waals surface area contributed by atoms with Crippen LogP contribution in [0.15, 0.2) is 18.2 Å². The highest BCUT2D eigenvalue weighted by molar-refractivity contribution is 6.31. The Kier molecular flexibility index (Phi) is 2.94. The zero-order chi connectivity index (χ0) is 12.6. The summed E-state index contributed by atoms with van der Waals surface area (Å²) in [6, 6.07) is 5.35. The molecule has 4 heteroatoms. The minimum atomic E-state index is -0.344. The van der Waals surface area contributed by atoms with Crippen molar-refractivity contribution in [1.29, 1.82) is 0 Å². The van der Waals surface area contributed by atoms with Crippen molar-refractivity contribution in [2.24, 2.45) is 5.41 Å². The van der Waals surface area contributed by atoms with Gasteiger partial charge < -0.3 is 10.1 Å². The van der Waals surface area contributed by atoms with Crippen LogP contribution in [0.25, 0.3) is 0 Å². The van der Waals surface area contributed by atoms with Gasteiger partial charge in [-0.05, 0) is 31.0 Å². The van der Waals surface area contributed by atoms with E-state index in [0.717, 1.165) is 31.4 Å². The maximum atomic E-state index is 12.4. The van der Waals surface area contributed by atoms with Gasteiger partial charge in [-0.25, -0.2) is 0 Å². The van der Waals surface area contributed by atoms with Crippen molar-refractivity contribution in [2.75, 3.05) is 11.9 Å². The molecule has 1 heterocycles. The maximum absolute atomic E-state index is 12.4. The molecule has 0 saturated heterocycles. The molecular weight excluding hydrogens is 250 g/mol. The van der Waals surface area contributed by atoms with E-state index in [1.807, 2.05) is 6.07 Å². The fourth-order valence-corrected chi connectivity index (χ4v) is 3.03. The lowest BCUT2D eigenvalue weighted by Crippen LogP contribution is -2.41. The predicted octanol–water partition coefficient (Wildman–Crippen LogP) is 3.62. The first kappa shape index (κ1) is 11.8. The van der Waals surface area contributed by atoms with Crippen molar-refractivity contribution < 1.29 is 9.53 Å². The number of anilines is 1. The molecule has 1 aromatic carbocycles. The molecule has 1 spiro atoms. The van der Waals surface area contributed by atoms with Gasteiger partial charge in [-0.3, -0.25) is 4.79 Å². The number of hydrogen-bond donors (Lipinski definition) is 1. The number of carbonyl (C=O) groups excluding carboxylic acids is 1. The standard InChI is InChI=1S/C14H16ClNO2/c15-10-4-5-12-11(8-10)16-13(17)14(9-18-12)6-2-1-3-7-14/h4-5,8H,1-3,6-7,9H2,(H,16,17). The Labute approximate surface area is 111 Å². The number of nitrogens with one attached hydrogen (secondary N) is 1. The fourth-order valence-electron chi connectivity index (χ4n) is 2.86. The number of hydrogen-bond acceptors (Lipinski definition) is 2. The molecule has 1 fully saturated rings. The molecule has 2 aliphatic rings. The normalized spacial score (nSPS) is 21.7. The van der Waals surface area contributed by atoms with Gasteiger partial charge in [0.1, 0.15) is 12.4 Å². The lowest BCUT2D eigenvalue weighted by atomic mass is 9.74. The molecule has 0 atom stereocenters. The monoisotopic (exact) mass is 265 g/mol. The molecule has 1 saturated carbocycles. The van der Waals surface area contributed by atoms with Crippen molar-refractivity contribution in [3.8, 4) is 5.75 Å². The summed E-state index contributed by atoms with van der Waals surface area (Å²) in [6.45, 7) is 0.480. The Morgan fingerprint density at radius 1 is 1.22 bits per heavy atom. The number of benzene rings is 1. The molecule has 1 aromatic rings. The van der Waals surface area contributed by atoms with E-state index in [0.29, 0.717) is 17.3 Å². The van der Waals surface area contributed by atoms with Crippen molar-refractivity contribution in [3.05, 3.63) is 23.2 Å². The first-order valence-electron chi connectivity index (χ1n) is 6.43. The molecule has 0 bridgehead atoms. The van der Waals surface area contributed by atoms with Crippen LogP contribution in [-0.2, 0) is 4.79 Å². The molecule has 0 radical (unpaired) electrons. The Bertz CT molecular complexity index is 481. The third-order valence-corrected chi connectivity index (χ3v) is 4.22. The van der Waals surface area contributed by atoms with E-state index in [2.05, 4.69) is 5.32 Å². The molecule has 1 aliphatic heterocycles. The van der Waals surface area contributed by atoms with Crippen LogP contribution < -0.4 is 10.1 Å². The summed E-state index contributed by atoms with van der Waals surface area (Å²) >= 11 is 5.95. The van der Waals surface area contributed by atoms with E-state index < -0.39 is 0 Å². The van der Waals surface area contributed by atoms with Crippen molar-refractivity contribution >= 4 is 23.2 Å². The van der Waals surface area contributed by atoms with Crippen LogP contribution >= 0.6 is 11.6 Å². The summed E-state index contributed by atoms with van der Waals surface area (Å²) in [5.74, 6) is 0.804. The van der Waals surface area contributed by atoms with Crippen LogP contribution in [0.1, 0.15) is 32.1 Å². The van der Waals surface area contributed by atoms with E-state index in [1.54, 1.807) is 12.1 Å². The molecule has 3 rings (SSSR count). The molecule has 0 unspecified atom stereocenters. The predicted molar refractivity (Wildman–Crippen MR) is 71.1 cm³/mol. The van der Waals surface area contributed by atoms with Gasteiger partial charge in [0, 0.05) is 5.02 Å². The van der Waals surface area contributed by atoms with Gasteiger partial charge in [-0.1, -0.05) is 30.9 Å². The minimum absolute atomic E-state index is 0.0863. The van der Waals surface area contributed by atoms with Gasteiger partial charge in [0.2, 0.25) is 5.91 Å². The van der Waals surface area contributed by atoms with Crippen LogP contribution in [0.4, 0.5) is 5.69 Å². The minimum Gasteiger partial charge on any atom is -0.490 e. The second-order valence-corrected chi connectivity index (χ2v) is 5.66. The quantitative estimate of drug-likeness (QED) is 0.778. The van der Waals surface area contributed by atoms with Crippen molar-refractivity contribution in [1.82, 2.24) is 0 Å². The highest BCUT2D eigenvalue weighted by atomic mass is 35.5. The third-order valence-electron chi connectivity index (χ3n) is 3.99. The van der Waals surface area contributed by atoms with Gasteiger partial charge in [-0.2, -0.15) is 0 Å². The summed E-state index contributed by atoms with van der Waals surface area (Å²) in [5, 5.41) is 3.58. The second kappa shape index (κ2) is 4.47. The number of carbonyl (C=O) groups is 1. The van der Waals surface area contributed by atoms with E-state index in [9.17, 15) is 4.79 Å². The van der Waals surface area contributed by atoms with E-state index >= 15 is 0 Å². The van der Waals surface area contributed by atoms with Crippen molar-refractivity contribution in [2.45, 2.75) is 32.1 Å². The number of ether oxygens (including phenoxy) is 1. The van der Waals surface area contributed by atoms with Gasteiger partial charge in [0.25, 0.3) is 0 Å². The Balaban J connectivity index is 1.92. The maximum Gasteiger partial charge on any atom is 0.234 e. The van der Waals surface area contributed by atoms with E-state index in [1.165, 1.54) is 6.42 Å². The Morgan fingerprint density at radius 3 is 2.78 bits per heavy atom. The molecular formula is C14H16ClNO2. The van der Waals surface area contributed by atoms with Gasteiger partial charge in [0.05, 0.1) is 11.1 Å². The van der Waals surface area contributed by atoms with Crippen molar-refractivity contribution in [3.63, 3.8) is 0 Å². The number of amides is 1. The molecule has 1 amide bonds. The number of halogens is 1. The topological polar surface area (TPSA) is 38.3 Å². The molecule has 0 aromatic heterocycles. The zero-order valence-electron chi connectivity index (χ0n) is 10.2. The summed E-state index contributed by atoms with van der Waals surface area (Å²) in [4.78, 5) is 12.4. The SMILES string of the molecule is O=C1Nc2cc(Cl)ccc2OCC12CCCCC2. The smallest absolute Gasteiger partial charge is 0.234 e. The fraction of sp³-hybridized carbons (Fsp3) is 0.500. The summed E-state index contributed by atoms with van der Waals surface area (Å²) in [5.41, 5.74) is 0.346. The van der Waals surface area contributed by atoms with Gasteiger partial charge in [-0.15, -0.1) is 0 Å². The van der Waals surface area contributed by atoms with Gasteiger partial charge in [0.15, 0.2) is 0 Å². The van der Waals surface area contributed by atoms with Crippen LogP contribution in [0.5, 0.6) is 5.75 Å². The zero-order valence-corrected chi connectivity index (χ0v) is 10.9. The lowest BCUT2D eigenvalue weighted by molar-refractivity contribution is -0.128. The molecule has 96 valence electrons. The van der Waals surface area contributed by atoms with E-state index in [-0.39, 0.29) is 11.3 Å². The summed E-state index contributed by atoms with van der Waals surface area (Å²) in [7, 11) is 0. The van der Waals surface area contributed by atoms with Crippen LogP contribution in [0.3, 0.4) is 0 Å². The highest BCUT2D eigenvalue weighted by Gasteiger charge is 2.42. The second-order valence-electron chi connectivity index (χ2n) is 5.22. The molecule has 1 N–H and O–H groups in total. The third kappa shape index (κ3) is 1.97.